The van der Waals surface area contributed by atoms with Crippen molar-refractivity contribution < 1.29 is 18.0 Å². The van der Waals surface area contributed by atoms with E-state index in [-0.39, 0.29) is 47.4 Å². The fraction of sp³-hybridized carbons (Fsp3) is 0.417. The predicted molar refractivity (Wildman–Crippen MR) is 125 cm³/mol. The first kappa shape index (κ1) is 23.4. The molecule has 0 spiro atoms. The van der Waals surface area contributed by atoms with Gasteiger partial charge in [0, 0.05) is 43.8 Å². The van der Waals surface area contributed by atoms with Gasteiger partial charge in [0.1, 0.15) is 0 Å². The molecule has 2 aliphatic heterocycles. The van der Waals surface area contributed by atoms with Crippen LogP contribution in [-0.2, 0) is 27.8 Å². The Balaban J connectivity index is 1.42. The van der Waals surface area contributed by atoms with Crippen molar-refractivity contribution in [2.45, 2.75) is 37.2 Å². The molecule has 0 aliphatic carbocycles. The van der Waals surface area contributed by atoms with Crippen molar-refractivity contribution in [3.8, 4) is 0 Å². The molecule has 4 rings (SSSR count). The third kappa shape index (κ3) is 5.10. The number of amides is 2. The van der Waals surface area contributed by atoms with E-state index < -0.39 is 10.0 Å². The minimum Gasteiger partial charge on any atom is -0.354 e. The van der Waals surface area contributed by atoms with Gasteiger partial charge in [-0.2, -0.15) is 4.31 Å². The normalized spacial score (nSPS) is 17.8. The van der Waals surface area contributed by atoms with E-state index in [2.05, 4.69) is 53.6 Å². The highest BCUT2D eigenvalue weighted by Gasteiger charge is 2.31. The van der Waals surface area contributed by atoms with Gasteiger partial charge in [0.2, 0.25) is 15.9 Å². The average Bonchev–Trinajstić information content (AvgIpc) is 2.82. The van der Waals surface area contributed by atoms with E-state index in [4.69, 9.17) is 0 Å². The van der Waals surface area contributed by atoms with Crippen LogP contribution in [0, 0.1) is 0 Å². The summed E-state index contributed by atoms with van der Waals surface area (Å²) in [7, 11) is -3.86. The number of hydrogen-bond acceptors (Lipinski definition) is 5. The minimum atomic E-state index is -3.86. The molecule has 9 heteroatoms. The van der Waals surface area contributed by atoms with E-state index in [0.717, 1.165) is 23.8 Å². The van der Waals surface area contributed by atoms with Crippen molar-refractivity contribution in [3.05, 3.63) is 65.2 Å². The lowest BCUT2D eigenvalue weighted by atomic mass is 9.94. The molecular weight excluding hydrogens is 440 g/mol. The molecule has 0 aromatic heterocycles. The number of piperazine rings is 1. The van der Waals surface area contributed by atoms with Gasteiger partial charge in [-0.15, -0.1) is 0 Å². The van der Waals surface area contributed by atoms with Gasteiger partial charge in [-0.1, -0.05) is 30.3 Å². The Morgan fingerprint density at radius 1 is 1.06 bits per heavy atom. The van der Waals surface area contributed by atoms with Crippen LogP contribution in [0.1, 0.15) is 35.3 Å². The molecule has 2 heterocycles. The molecule has 0 saturated carbocycles. The quantitative estimate of drug-likeness (QED) is 0.665. The predicted octanol–water partition coefficient (Wildman–Crippen LogP) is 1.37. The van der Waals surface area contributed by atoms with E-state index >= 15 is 0 Å². The van der Waals surface area contributed by atoms with E-state index in [1.54, 1.807) is 12.1 Å². The van der Waals surface area contributed by atoms with Crippen LogP contribution in [-0.4, -0.2) is 67.7 Å². The molecule has 0 bridgehead atoms. The molecule has 1 fully saturated rings. The van der Waals surface area contributed by atoms with E-state index in [9.17, 15) is 18.0 Å². The molecular formula is C24H30N4O4S. The Labute approximate surface area is 195 Å². The van der Waals surface area contributed by atoms with Crippen LogP contribution in [0.4, 0.5) is 0 Å². The number of benzene rings is 2. The van der Waals surface area contributed by atoms with Crippen LogP contribution in [0.3, 0.4) is 0 Å². The monoisotopic (exact) mass is 470 g/mol. The number of nitrogens with zero attached hydrogens (tertiary/aromatic N) is 2. The van der Waals surface area contributed by atoms with Crippen LogP contribution >= 0.6 is 0 Å². The summed E-state index contributed by atoms with van der Waals surface area (Å²) in [5, 5.41) is 5.59. The van der Waals surface area contributed by atoms with Gasteiger partial charge in [0.05, 0.1) is 11.4 Å². The molecule has 0 atom stereocenters. The molecule has 8 nitrogen and oxygen atoms in total. The van der Waals surface area contributed by atoms with Crippen molar-refractivity contribution >= 4 is 21.8 Å². The first-order valence-corrected chi connectivity index (χ1v) is 12.6. The van der Waals surface area contributed by atoms with Crippen molar-refractivity contribution in [1.29, 1.82) is 0 Å². The van der Waals surface area contributed by atoms with Gasteiger partial charge < -0.3 is 10.6 Å². The zero-order valence-corrected chi connectivity index (χ0v) is 19.8. The minimum absolute atomic E-state index is 0.0109. The first-order valence-electron chi connectivity index (χ1n) is 11.1. The van der Waals surface area contributed by atoms with Gasteiger partial charge in [-0.05, 0) is 49.6 Å². The van der Waals surface area contributed by atoms with Crippen LogP contribution in [0.15, 0.2) is 53.4 Å². The van der Waals surface area contributed by atoms with Gasteiger partial charge in [-0.25, -0.2) is 8.42 Å². The largest absolute Gasteiger partial charge is 0.354 e. The highest BCUT2D eigenvalue weighted by Crippen LogP contribution is 2.25. The first-order chi connectivity index (χ1) is 15.7. The lowest BCUT2D eigenvalue weighted by Crippen LogP contribution is -2.53. The summed E-state index contributed by atoms with van der Waals surface area (Å²) >= 11 is 0. The molecule has 176 valence electrons. The average molecular weight is 471 g/mol. The van der Waals surface area contributed by atoms with Crippen molar-refractivity contribution in [2.24, 2.45) is 0 Å². The highest BCUT2D eigenvalue weighted by molar-refractivity contribution is 7.89. The smallest absolute Gasteiger partial charge is 0.251 e. The number of carbonyl (C=O) groups excluding carboxylic acids is 2. The highest BCUT2D eigenvalue weighted by atomic mass is 32.2. The lowest BCUT2D eigenvalue weighted by Gasteiger charge is -2.41. The molecule has 2 N–H and O–H groups in total. The number of nitrogens with one attached hydrogen (secondary N) is 2. The molecule has 2 aromatic rings. The maximum absolute atomic E-state index is 12.9. The zero-order valence-electron chi connectivity index (χ0n) is 19.0. The Hall–Kier alpha value is -2.75. The van der Waals surface area contributed by atoms with Crippen molar-refractivity contribution in [2.75, 3.05) is 32.7 Å². The fourth-order valence-electron chi connectivity index (χ4n) is 4.29. The standard InChI is InChI=1S/C24H30N4O4S/c1-24(2,27-12-10-18-6-3-4-7-20(18)15-27)17-26-23(30)19-8-5-9-21(14-19)33(31,32)28-13-11-25-22(29)16-28/h3-9,14H,10-13,15-17H2,1-2H3,(H,25,29)(H,26,30). The molecule has 0 radical (unpaired) electrons. The second-order valence-electron chi connectivity index (χ2n) is 9.15. The van der Waals surface area contributed by atoms with E-state index in [1.807, 2.05) is 0 Å². The Kier molecular flexibility index (Phi) is 6.56. The summed E-state index contributed by atoms with van der Waals surface area (Å²) in [6.45, 7) is 6.63. The molecule has 0 unspecified atom stereocenters. The molecule has 33 heavy (non-hydrogen) atoms. The number of sulfonamides is 1. The summed E-state index contributed by atoms with van der Waals surface area (Å²) in [5.74, 6) is -0.657. The van der Waals surface area contributed by atoms with Gasteiger partial charge in [0.25, 0.3) is 5.91 Å². The summed E-state index contributed by atoms with van der Waals surface area (Å²) in [6, 6.07) is 14.4. The topological polar surface area (TPSA) is 98.8 Å². The molecule has 2 aromatic carbocycles. The summed E-state index contributed by atoms with van der Waals surface area (Å²) in [6.07, 6.45) is 0.974. The lowest BCUT2D eigenvalue weighted by molar-refractivity contribution is -0.122. The van der Waals surface area contributed by atoms with Crippen molar-refractivity contribution in [1.82, 2.24) is 19.8 Å². The van der Waals surface area contributed by atoms with Crippen LogP contribution in [0.2, 0.25) is 0 Å². The molecule has 1 saturated heterocycles. The Morgan fingerprint density at radius 3 is 2.58 bits per heavy atom. The van der Waals surface area contributed by atoms with Crippen LogP contribution < -0.4 is 10.6 Å². The second-order valence-corrected chi connectivity index (χ2v) is 11.1. The molecule has 2 amide bonds. The maximum atomic E-state index is 12.9. The Morgan fingerprint density at radius 2 is 1.82 bits per heavy atom. The van der Waals surface area contributed by atoms with Gasteiger partial charge in [0.15, 0.2) is 0 Å². The van der Waals surface area contributed by atoms with Gasteiger partial charge >= 0.3 is 0 Å². The third-order valence-electron chi connectivity index (χ3n) is 6.41. The Bertz CT molecular complexity index is 1160. The third-order valence-corrected chi connectivity index (χ3v) is 8.25. The summed E-state index contributed by atoms with van der Waals surface area (Å²) in [5.41, 5.74) is 2.69. The summed E-state index contributed by atoms with van der Waals surface area (Å²) < 4.78 is 27.0. The second kappa shape index (κ2) is 9.24. The molecule has 2 aliphatic rings. The van der Waals surface area contributed by atoms with Crippen molar-refractivity contribution in [3.63, 3.8) is 0 Å². The van der Waals surface area contributed by atoms with E-state index in [0.29, 0.717) is 6.54 Å². The summed E-state index contributed by atoms with van der Waals surface area (Å²) in [4.78, 5) is 26.9. The zero-order chi connectivity index (χ0) is 23.6. The van der Waals surface area contributed by atoms with Crippen LogP contribution in [0.25, 0.3) is 0 Å². The fourth-order valence-corrected chi connectivity index (χ4v) is 5.73. The number of fused-ring (bicyclic) bond motifs is 1. The van der Waals surface area contributed by atoms with Gasteiger partial charge in [-0.3, -0.25) is 14.5 Å². The number of carbonyl (C=O) groups is 2. The van der Waals surface area contributed by atoms with Crippen LogP contribution in [0.5, 0.6) is 0 Å². The number of rotatable bonds is 6. The number of hydrogen-bond donors (Lipinski definition) is 2. The van der Waals surface area contributed by atoms with E-state index in [1.165, 1.54) is 23.3 Å². The SMILES string of the molecule is CC(C)(CNC(=O)c1cccc(S(=O)(=O)N2CCNC(=O)C2)c1)N1CCc2ccccc2C1. The maximum Gasteiger partial charge on any atom is 0.251 e.